The summed E-state index contributed by atoms with van der Waals surface area (Å²) in [7, 11) is 1.58. The van der Waals surface area contributed by atoms with Crippen molar-refractivity contribution in [2.24, 2.45) is 56.7 Å². The molecule has 0 unspecified atom stereocenters. The molecule has 0 aromatic carbocycles. The Hall–Kier alpha value is -2.24. The zero-order valence-electron chi connectivity index (χ0n) is 25.9. The summed E-state index contributed by atoms with van der Waals surface area (Å²) < 4.78 is 7.36. The Morgan fingerprint density at radius 1 is 1.00 bits per heavy atom. The van der Waals surface area contributed by atoms with E-state index in [1.165, 1.54) is 0 Å². The first-order chi connectivity index (χ1) is 18.8. The van der Waals surface area contributed by atoms with Crippen molar-refractivity contribution in [3.63, 3.8) is 0 Å². The number of ketones is 1. The number of allylic oxidation sites excluding steroid dienone is 3. The molecule has 6 rings (SSSR count). The molecule has 0 spiro atoms. The van der Waals surface area contributed by atoms with E-state index in [9.17, 15) is 9.59 Å². The SMILES string of the molecule is COC(=O)[C@]12CC[C@@H](C)[C@H](C)[C@H]1C1=CC[C@@H]3[C@@]4(C)C/C(=C/n5cnnc5)C(=O)C(C)(C)[C@@H]4CC[C@@]3(C)[C@]1(C)CC2. The van der Waals surface area contributed by atoms with Gasteiger partial charge >= 0.3 is 5.97 Å². The fourth-order valence-corrected chi connectivity index (χ4v) is 11.5. The molecule has 0 bridgehead atoms. The second kappa shape index (κ2) is 8.88. The van der Waals surface area contributed by atoms with Crippen LogP contribution in [0.25, 0.3) is 6.20 Å². The van der Waals surface area contributed by atoms with Crippen LogP contribution in [0, 0.1) is 56.7 Å². The van der Waals surface area contributed by atoms with Crippen LogP contribution < -0.4 is 0 Å². The predicted octanol–water partition coefficient (Wildman–Crippen LogP) is 7.13. The number of methoxy groups -OCH3 is 1. The number of carbonyl (C=O) groups is 2. The molecule has 0 N–H and O–H groups in total. The summed E-state index contributed by atoms with van der Waals surface area (Å²) in [5.41, 5.74) is 1.77. The average molecular weight is 548 g/mol. The smallest absolute Gasteiger partial charge is 0.312 e. The van der Waals surface area contributed by atoms with Gasteiger partial charge in [0, 0.05) is 17.2 Å². The Bertz CT molecular complexity index is 1280. The van der Waals surface area contributed by atoms with Gasteiger partial charge in [0.2, 0.25) is 0 Å². The van der Waals surface area contributed by atoms with Crippen LogP contribution in [0.5, 0.6) is 0 Å². The van der Waals surface area contributed by atoms with Crippen molar-refractivity contribution in [3.05, 3.63) is 29.9 Å². The van der Waals surface area contributed by atoms with E-state index >= 15 is 0 Å². The molecule has 0 amide bonds. The minimum atomic E-state index is -0.418. The van der Waals surface area contributed by atoms with Crippen LogP contribution in [0.4, 0.5) is 0 Å². The normalized spacial score (nSPS) is 46.9. The average Bonchev–Trinajstić information content (AvgIpc) is 3.42. The fourth-order valence-electron chi connectivity index (χ4n) is 11.5. The highest BCUT2D eigenvalue weighted by molar-refractivity contribution is 6.03. The molecule has 0 aliphatic heterocycles. The zero-order chi connectivity index (χ0) is 28.9. The van der Waals surface area contributed by atoms with Gasteiger partial charge in [-0.25, -0.2) is 0 Å². The molecule has 1 aromatic rings. The van der Waals surface area contributed by atoms with Gasteiger partial charge in [-0.05, 0) is 97.2 Å². The van der Waals surface area contributed by atoms with Crippen LogP contribution in [-0.4, -0.2) is 33.6 Å². The van der Waals surface area contributed by atoms with Crippen molar-refractivity contribution >= 4 is 18.0 Å². The topological polar surface area (TPSA) is 74.1 Å². The van der Waals surface area contributed by atoms with Crippen LogP contribution in [0.2, 0.25) is 0 Å². The van der Waals surface area contributed by atoms with Gasteiger partial charge in [-0.1, -0.05) is 60.1 Å². The van der Waals surface area contributed by atoms with Gasteiger partial charge in [-0.15, -0.1) is 10.2 Å². The van der Waals surface area contributed by atoms with E-state index < -0.39 is 5.41 Å². The Balaban J connectivity index is 1.46. The van der Waals surface area contributed by atoms with Gasteiger partial charge in [-0.2, -0.15) is 0 Å². The van der Waals surface area contributed by atoms with Crippen LogP contribution in [0.15, 0.2) is 29.9 Å². The molecule has 218 valence electrons. The van der Waals surface area contributed by atoms with E-state index in [0.717, 1.165) is 56.9 Å². The Labute approximate surface area is 240 Å². The first kappa shape index (κ1) is 27.9. The summed E-state index contributed by atoms with van der Waals surface area (Å²) >= 11 is 0. The number of nitrogens with zero attached hydrogens (tertiary/aromatic N) is 3. The number of ether oxygens (including phenoxy) is 1. The molecule has 4 fully saturated rings. The van der Waals surface area contributed by atoms with Crippen molar-refractivity contribution in [1.29, 1.82) is 0 Å². The molecular weight excluding hydrogens is 498 g/mol. The predicted molar refractivity (Wildman–Crippen MR) is 156 cm³/mol. The van der Waals surface area contributed by atoms with E-state index in [2.05, 4.69) is 64.7 Å². The third-order valence-corrected chi connectivity index (χ3v) is 13.9. The van der Waals surface area contributed by atoms with Gasteiger partial charge in [-0.3, -0.25) is 14.2 Å². The van der Waals surface area contributed by atoms with Crippen LogP contribution >= 0.6 is 0 Å². The highest BCUT2D eigenvalue weighted by atomic mass is 16.5. The molecular formula is C34H49N3O3. The highest BCUT2D eigenvalue weighted by Crippen LogP contribution is 2.75. The molecule has 0 saturated heterocycles. The van der Waals surface area contributed by atoms with Gasteiger partial charge < -0.3 is 4.74 Å². The van der Waals surface area contributed by atoms with Crippen molar-refractivity contribution < 1.29 is 14.3 Å². The lowest BCUT2D eigenvalue weighted by Gasteiger charge is -2.70. The van der Waals surface area contributed by atoms with E-state index in [0.29, 0.717) is 23.7 Å². The molecule has 1 aromatic heterocycles. The first-order valence-electron chi connectivity index (χ1n) is 15.6. The lowest BCUT2D eigenvalue weighted by atomic mass is 9.33. The van der Waals surface area contributed by atoms with Gasteiger partial charge in [0.15, 0.2) is 5.78 Å². The second-order valence-electron chi connectivity index (χ2n) is 15.6. The summed E-state index contributed by atoms with van der Waals surface area (Å²) in [4.78, 5) is 27.4. The van der Waals surface area contributed by atoms with Crippen molar-refractivity contribution in [3.8, 4) is 0 Å². The molecule has 4 saturated carbocycles. The summed E-state index contributed by atoms with van der Waals surface area (Å²) in [6, 6.07) is 0. The maximum Gasteiger partial charge on any atom is 0.312 e. The monoisotopic (exact) mass is 547 g/mol. The number of aromatic nitrogens is 3. The molecule has 5 aliphatic carbocycles. The van der Waals surface area contributed by atoms with E-state index in [1.54, 1.807) is 25.3 Å². The number of carbonyl (C=O) groups excluding carboxylic acids is 2. The molecule has 0 radical (unpaired) electrons. The van der Waals surface area contributed by atoms with E-state index in [-0.39, 0.29) is 39.3 Å². The molecule has 1 heterocycles. The second-order valence-corrected chi connectivity index (χ2v) is 15.6. The molecule has 9 atom stereocenters. The third-order valence-electron chi connectivity index (χ3n) is 13.9. The minimum Gasteiger partial charge on any atom is -0.469 e. The lowest BCUT2D eigenvalue weighted by molar-refractivity contribution is -0.187. The zero-order valence-corrected chi connectivity index (χ0v) is 25.9. The van der Waals surface area contributed by atoms with Gasteiger partial charge in [0.25, 0.3) is 0 Å². The lowest BCUT2D eigenvalue weighted by Crippen LogP contribution is -2.65. The Kier molecular flexibility index (Phi) is 6.19. The van der Waals surface area contributed by atoms with E-state index in [1.807, 2.05) is 10.8 Å². The van der Waals surface area contributed by atoms with Gasteiger partial charge in [0.1, 0.15) is 12.7 Å². The summed E-state index contributed by atoms with van der Waals surface area (Å²) in [5, 5.41) is 7.93. The van der Waals surface area contributed by atoms with Crippen molar-refractivity contribution in [1.82, 2.24) is 14.8 Å². The van der Waals surface area contributed by atoms with Gasteiger partial charge in [0.05, 0.1) is 12.5 Å². The maximum atomic E-state index is 13.9. The van der Waals surface area contributed by atoms with Crippen molar-refractivity contribution in [2.45, 2.75) is 99.8 Å². The molecule has 6 heteroatoms. The molecule has 6 nitrogen and oxygen atoms in total. The minimum absolute atomic E-state index is 0.00233. The summed E-state index contributed by atoms with van der Waals surface area (Å²) in [6.07, 6.45) is 15.9. The van der Waals surface area contributed by atoms with Crippen LogP contribution in [0.1, 0.15) is 99.8 Å². The third kappa shape index (κ3) is 3.40. The number of rotatable bonds is 2. The maximum absolute atomic E-state index is 13.9. The number of hydrogen-bond donors (Lipinski definition) is 0. The van der Waals surface area contributed by atoms with Crippen molar-refractivity contribution in [2.75, 3.05) is 7.11 Å². The summed E-state index contributed by atoms with van der Waals surface area (Å²) in [6.45, 7) is 16.7. The Morgan fingerprint density at radius 3 is 2.38 bits per heavy atom. The largest absolute Gasteiger partial charge is 0.469 e. The quantitative estimate of drug-likeness (QED) is 0.224. The Morgan fingerprint density at radius 2 is 1.70 bits per heavy atom. The number of hydrogen-bond acceptors (Lipinski definition) is 5. The molecule has 5 aliphatic rings. The highest BCUT2D eigenvalue weighted by Gasteiger charge is 2.70. The van der Waals surface area contributed by atoms with E-state index in [4.69, 9.17) is 4.74 Å². The summed E-state index contributed by atoms with van der Waals surface area (Å²) in [5.74, 6) is 2.39. The first-order valence-corrected chi connectivity index (χ1v) is 15.6. The fraction of sp³-hybridized carbons (Fsp3) is 0.765. The van der Waals surface area contributed by atoms with Crippen LogP contribution in [-0.2, 0) is 14.3 Å². The number of Topliss-reactive ketones (excluding diaryl/α,β-unsaturated/α-hetero) is 1. The van der Waals surface area contributed by atoms with Crippen LogP contribution in [0.3, 0.4) is 0 Å². The standard InChI is InChI=1S/C34H49N3O3/c1-21-11-14-34(29(39)40-8)16-15-32(6)24(27(34)22(21)2)9-10-26-31(5)17-23(18-37-19-35-36-20-37)28(38)30(3,4)25(31)12-13-33(26,32)7/h9,18-22,25-27H,10-17H2,1-8H3/b23-18-/t21-,22+,25+,26-,27+,31+,32-,33-,34+/m1/s1. The molecule has 40 heavy (non-hydrogen) atoms. The number of fused-ring (bicyclic) bond motifs is 7. The number of esters is 1.